The molecule has 0 saturated carbocycles. The lowest BCUT2D eigenvalue weighted by molar-refractivity contribution is -0.149. The Kier molecular flexibility index (Phi) is 2.47. The van der Waals surface area contributed by atoms with Gasteiger partial charge in [-0.05, 0) is 0 Å². The second-order valence-corrected chi connectivity index (χ2v) is 3.85. The van der Waals surface area contributed by atoms with Crippen molar-refractivity contribution in [2.75, 3.05) is 13.2 Å². The van der Waals surface area contributed by atoms with Crippen molar-refractivity contribution in [1.82, 2.24) is 0 Å². The van der Waals surface area contributed by atoms with Crippen molar-refractivity contribution in [2.24, 2.45) is 0 Å². The van der Waals surface area contributed by atoms with E-state index < -0.39 is 5.60 Å². The molecule has 0 aliphatic carbocycles. The number of fused-ring (bicyclic) bond motifs is 1. The molecule has 0 unspecified atom stereocenters. The minimum Gasteiger partial charge on any atom is -0.456 e. The normalized spacial score (nSPS) is 41.1. The summed E-state index contributed by atoms with van der Waals surface area (Å²) in [5.41, 5.74) is -0.681. The van der Waals surface area contributed by atoms with E-state index in [2.05, 4.69) is 0 Å². The van der Waals surface area contributed by atoms with Crippen LogP contribution >= 0.6 is 0 Å². The molecule has 2 N–H and O–H groups in total. The van der Waals surface area contributed by atoms with Gasteiger partial charge in [0, 0.05) is 19.4 Å². The standard InChI is InChI=1S/C9H14O5/c10-2-1-9-4-6(5-11)13-7(9)3-8(12)14-9/h6-7,10-11H,1-5H2/t6-,7+,9+/m1/s1. The van der Waals surface area contributed by atoms with E-state index in [4.69, 9.17) is 19.7 Å². The molecule has 0 spiro atoms. The molecule has 0 amide bonds. The van der Waals surface area contributed by atoms with Crippen molar-refractivity contribution in [1.29, 1.82) is 0 Å². The summed E-state index contributed by atoms with van der Waals surface area (Å²) in [5, 5.41) is 17.8. The maximum Gasteiger partial charge on any atom is 0.309 e. The summed E-state index contributed by atoms with van der Waals surface area (Å²) in [6, 6.07) is 0. The molecular weight excluding hydrogens is 188 g/mol. The number of rotatable bonds is 3. The van der Waals surface area contributed by atoms with Gasteiger partial charge in [0.15, 0.2) is 0 Å². The zero-order valence-corrected chi connectivity index (χ0v) is 7.81. The smallest absolute Gasteiger partial charge is 0.309 e. The lowest BCUT2D eigenvalue weighted by atomic mass is 9.91. The molecule has 5 heteroatoms. The van der Waals surface area contributed by atoms with Crippen LogP contribution in [0, 0.1) is 0 Å². The molecule has 0 radical (unpaired) electrons. The highest BCUT2D eigenvalue weighted by Gasteiger charge is 2.56. The summed E-state index contributed by atoms with van der Waals surface area (Å²) in [6.07, 6.45) is 0.551. The number of esters is 1. The van der Waals surface area contributed by atoms with Crippen LogP contribution < -0.4 is 0 Å². The largest absolute Gasteiger partial charge is 0.456 e. The van der Waals surface area contributed by atoms with E-state index in [0.717, 1.165) is 0 Å². The van der Waals surface area contributed by atoms with Gasteiger partial charge in [-0.2, -0.15) is 0 Å². The Bertz CT molecular complexity index is 241. The molecule has 80 valence electrons. The molecule has 2 fully saturated rings. The van der Waals surface area contributed by atoms with Crippen LogP contribution in [0.4, 0.5) is 0 Å². The van der Waals surface area contributed by atoms with Gasteiger partial charge >= 0.3 is 5.97 Å². The highest BCUT2D eigenvalue weighted by Crippen LogP contribution is 2.43. The van der Waals surface area contributed by atoms with Gasteiger partial charge in [-0.15, -0.1) is 0 Å². The summed E-state index contributed by atoms with van der Waals surface area (Å²) in [7, 11) is 0. The molecule has 0 bridgehead atoms. The second-order valence-electron chi connectivity index (χ2n) is 3.85. The summed E-state index contributed by atoms with van der Waals surface area (Å²) in [6.45, 7) is -0.105. The van der Waals surface area contributed by atoms with Crippen molar-refractivity contribution in [3.05, 3.63) is 0 Å². The zero-order chi connectivity index (χ0) is 10.2. The van der Waals surface area contributed by atoms with Crippen LogP contribution in [-0.2, 0) is 14.3 Å². The van der Waals surface area contributed by atoms with E-state index in [1.54, 1.807) is 0 Å². The Balaban J connectivity index is 2.12. The molecule has 2 aliphatic rings. The molecule has 5 nitrogen and oxygen atoms in total. The summed E-state index contributed by atoms with van der Waals surface area (Å²) >= 11 is 0. The van der Waals surface area contributed by atoms with E-state index in [9.17, 15) is 4.79 Å². The van der Waals surface area contributed by atoms with Crippen LogP contribution in [0.2, 0.25) is 0 Å². The fourth-order valence-corrected chi connectivity index (χ4v) is 2.29. The molecule has 0 aromatic carbocycles. The van der Waals surface area contributed by atoms with Crippen molar-refractivity contribution < 1.29 is 24.5 Å². The minimum absolute atomic E-state index is 0.0364. The SMILES string of the molecule is O=C1C[C@@H]2O[C@@H](CO)C[C@]2(CCO)O1. The van der Waals surface area contributed by atoms with Crippen molar-refractivity contribution in [3.63, 3.8) is 0 Å². The third-order valence-electron chi connectivity index (χ3n) is 2.92. The Morgan fingerprint density at radius 2 is 2.29 bits per heavy atom. The first-order valence-electron chi connectivity index (χ1n) is 4.79. The average Bonchev–Trinajstić information content (AvgIpc) is 2.57. The van der Waals surface area contributed by atoms with Crippen LogP contribution in [-0.4, -0.2) is 47.2 Å². The van der Waals surface area contributed by atoms with E-state index in [0.29, 0.717) is 12.8 Å². The highest BCUT2D eigenvalue weighted by atomic mass is 16.6. The first kappa shape index (κ1) is 9.89. The highest BCUT2D eigenvalue weighted by molar-refractivity contribution is 5.73. The molecular formula is C9H14O5. The second kappa shape index (κ2) is 3.49. The maximum atomic E-state index is 11.1. The monoisotopic (exact) mass is 202 g/mol. The van der Waals surface area contributed by atoms with E-state index in [1.807, 2.05) is 0 Å². The van der Waals surface area contributed by atoms with Crippen LogP contribution in [0.15, 0.2) is 0 Å². The Morgan fingerprint density at radius 1 is 1.50 bits per heavy atom. The molecule has 2 rings (SSSR count). The summed E-state index contributed by atoms with van der Waals surface area (Å²) in [5.74, 6) is -0.278. The zero-order valence-electron chi connectivity index (χ0n) is 7.81. The Hall–Kier alpha value is -0.650. The molecule has 0 aromatic rings. The minimum atomic E-state index is -0.681. The Labute approximate surface area is 81.6 Å². The van der Waals surface area contributed by atoms with Crippen molar-refractivity contribution >= 4 is 5.97 Å². The lowest BCUT2D eigenvalue weighted by Crippen LogP contribution is -2.36. The third kappa shape index (κ3) is 1.41. The van der Waals surface area contributed by atoms with E-state index in [-0.39, 0.29) is 37.8 Å². The number of hydrogen-bond donors (Lipinski definition) is 2. The van der Waals surface area contributed by atoms with Crippen LogP contribution in [0.1, 0.15) is 19.3 Å². The average molecular weight is 202 g/mol. The molecule has 2 heterocycles. The number of carbonyl (C=O) groups excluding carboxylic acids is 1. The topological polar surface area (TPSA) is 76.0 Å². The predicted octanol–water partition coefficient (Wildman–Crippen LogP) is -0.796. The van der Waals surface area contributed by atoms with E-state index >= 15 is 0 Å². The lowest BCUT2D eigenvalue weighted by Gasteiger charge is -2.24. The van der Waals surface area contributed by atoms with Gasteiger partial charge in [-0.3, -0.25) is 4.79 Å². The van der Waals surface area contributed by atoms with Crippen LogP contribution in [0.5, 0.6) is 0 Å². The molecule has 0 aromatic heterocycles. The summed E-state index contributed by atoms with van der Waals surface area (Å²) in [4.78, 5) is 11.1. The first-order chi connectivity index (χ1) is 6.70. The molecule has 2 aliphatic heterocycles. The van der Waals surface area contributed by atoms with E-state index in [1.165, 1.54) is 0 Å². The van der Waals surface area contributed by atoms with Crippen molar-refractivity contribution in [2.45, 2.75) is 37.1 Å². The van der Waals surface area contributed by atoms with Crippen molar-refractivity contribution in [3.8, 4) is 0 Å². The molecule has 14 heavy (non-hydrogen) atoms. The van der Waals surface area contributed by atoms with Crippen LogP contribution in [0.3, 0.4) is 0 Å². The maximum absolute atomic E-state index is 11.1. The third-order valence-corrected chi connectivity index (χ3v) is 2.92. The Morgan fingerprint density at radius 3 is 2.93 bits per heavy atom. The number of aliphatic hydroxyl groups is 2. The number of carbonyl (C=O) groups is 1. The van der Waals surface area contributed by atoms with Gasteiger partial charge in [-0.1, -0.05) is 0 Å². The summed E-state index contributed by atoms with van der Waals surface area (Å²) < 4.78 is 10.7. The fourth-order valence-electron chi connectivity index (χ4n) is 2.29. The van der Waals surface area contributed by atoms with Crippen LogP contribution in [0.25, 0.3) is 0 Å². The first-order valence-corrected chi connectivity index (χ1v) is 4.79. The van der Waals surface area contributed by atoms with Gasteiger partial charge in [0.25, 0.3) is 0 Å². The van der Waals surface area contributed by atoms with Gasteiger partial charge in [0.05, 0.1) is 19.1 Å². The number of aliphatic hydroxyl groups excluding tert-OH is 2. The van der Waals surface area contributed by atoms with Gasteiger partial charge in [-0.25, -0.2) is 0 Å². The fraction of sp³-hybridized carbons (Fsp3) is 0.889. The molecule has 3 atom stereocenters. The predicted molar refractivity (Wildman–Crippen MR) is 45.5 cm³/mol. The van der Waals surface area contributed by atoms with Gasteiger partial charge in [0.2, 0.25) is 0 Å². The van der Waals surface area contributed by atoms with Gasteiger partial charge in [0.1, 0.15) is 11.7 Å². The quantitative estimate of drug-likeness (QED) is 0.586. The number of ether oxygens (including phenoxy) is 2. The number of hydrogen-bond acceptors (Lipinski definition) is 5. The van der Waals surface area contributed by atoms with Gasteiger partial charge < -0.3 is 19.7 Å². The molecule has 2 saturated heterocycles.